The number of halogens is 3. The van der Waals surface area contributed by atoms with Gasteiger partial charge >= 0.3 is 12.1 Å². The van der Waals surface area contributed by atoms with E-state index in [4.69, 9.17) is 9.90 Å². The molecule has 0 unspecified atom stereocenters. The molecule has 0 fully saturated rings. The summed E-state index contributed by atoms with van der Waals surface area (Å²) in [5, 5.41) is 10.6. The normalized spacial score (nSPS) is 11.1. The van der Waals surface area contributed by atoms with Gasteiger partial charge in [-0.15, -0.1) is 0 Å². The van der Waals surface area contributed by atoms with Gasteiger partial charge in [0.25, 0.3) is 0 Å². The average molecular weight is 370 g/mol. The summed E-state index contributed by atoms with van der Waals surface area (Å²) in [6.45, 7) is 0. The maximum Gasteiger partial charge on any atom is 0.490 e. The fraction of sp³-hybridized carbons (Fsp3) is 0.0500. The molecule has 0 radical (unpaired) electrons. The number of benzene rings is 2. The number of pyridine rings is 2. The molecule has 27 heavy (non-hydrogen) atoms. The zero-order valence-corrected chi connectivity index (χ0v) is 13.8. The largest absolute Gasteiger partial charge is 0.490 e. The van der Waals surface area contributed by atoms with Crippen LogP contribution in [0.1, 0.15) is 0 Å². The Morgan fingerprint density at radius 3 is 2.26 bits per heavy atom. The summed E-state index contributed by atoms with van der Waals surface area (Å²) in [7, 11) is 0. The van der Waals surface area contributed by atoms with Gasteiger partial charge in [-0.25, -0.2) is 4.79 Å². The summed E-state index contributed by atoms with van der Waals surface area (Å²) in [5.74, 6) is -2.76. The number of carbonyl (C=O) groups is 1. The van der Waals surface area contributed by atoms with Crippen molar-refractivity contribution in [2.24, 2.45) is 0 Å². The summed E-state index contributed by atoms with van der Waals surface area (Å²) in [6.07, 6.45) is 0.580. The zero-order valence-electron chi connectivity index (χ0n) is 13.8. The van der Waals surface area contributed by atoms with Crippen LogP contribution in [0.2, 0.25) is 0 Å². The molecule has 7 heteroatoms. The molecule has 0 aliphatic rings. The number of carboxylic acids is 1. The van der Waals surface area contributed by atoms with Crippen molar-refractivity contribution in [1.29, 1.82) is 0 Å². The van der Waals surface area contributed by atoms with Crippen LogP contribution < -0.4 is 0 Å². The van der Waals surface area contributed by atoms with Crippen molar-refractivity contribution in [3.8, 4) is 11.1 Å². The van der Waals surface area contributed by atoms with Gasteiger partial charge in [0.05, 0.1) is 5.52 Å². The number of hydrogen-bond donors (Lipinski definition) is 1. The summed E-state index contributed by atoms with van der Waals surface area (Å²) >= 11 is 0. The average Bonchev–Trinajstić information content (AvgIpc) is 2.68. The number of aliphatic carboxylic acids is 1. The van der Waals surface area contributed by atoms with E-state index < -0.39 is 12.1 Å². The molecule has 2 heterocycles. The van der Waals surface area contributed by atoms with Crippen molar-refractivity contribution >= 4 is 27.6 Å². The van der Waals surface area contributed by atoms with Crippen molar-refractivity contribution in [3.05, 3.63) is 73.2 Å². The molecule has 136 valence electrons. The maximum absolute atomic E-state index is 10.6. The van der Waals surface area contributed by atoms with E-state index >= 15 is 0 Å². The molecule has 4 nitrogen and oxygen atoms in total. The minimum absolute atomic E-state index is 1.00. The Balaban J connectivity index is 0.000000260. The first kappa shape index (κ1) is 18.3. The summed E-state index contributed by atoms with van der Waals surface area (Å²) < 4.78 is 31.7. The van der Waals surface area contributed by atoms with Crippen LogP contribution in [0.3, 0.4) is 0 Å². The smallest absolute Gasteiger partial charge is 0.475 e. The second-order valence-corrected chi connectivity index (χ2v) is 5.62. The van der Waals surface area contributed by atoms with Gasteiger partial charge in [-0.05, 0) is 29.1 Å². The SMILES string of the molecule is O=C(O)C(F)(F)F.c1ccc(-c2cnc3ccc4ccncc4c3c2)cc1. The van der Waals surface area contributed by atoms with Gasteiger partial charge in [0, 0.05) is 34.9 Å². The molecular weight excluding hydrogens is 357 g/mol. The number of rotatable bonds is 1. The lowest BCUT2D eigenvalue weighted by atomic mass is 10.0. The van der Waals surface area contributed by atoms with Crippen LogP contribution in [0.15, 0.2) is 73.2 Å². The molecule has 2 aromatic heterocycles. The highest BCUT2D eigenvalue weighted by atomic mass is 19.4. The predicted molar refractivity (Wildman–Crippen MR) is 96.2 cm³/mol. The van der Waals surface area contributed by atoms with Crippen LogP contribution in [0, 0.1) is 0 Å². The molecule has 0 aliphatic heterocycles. The van der Waals surface area contributed by atoms with Gasteiger partial charge in [0.15, 0.2) is 0 Å². The lowest BCUT2D eigenvalue weighted by Gasteiger charge is -2.06. The van der Waals surface area contributed by atoms with Gasteiger partial charge in [0.2, 0.25) is 0 Å². The van der Waals surface area contributed by atoms with E-state index in [-0.39, 0.29) is 0 Å². The van der Waals surface area contributed by atoms with Gasteiger partial charge < -0.3 is 5.11 Å². The van der Waals surface area contributed by atoms with E-state index in [0.29, 0.717) is 0 Å². The molecule has 4 rings (SSSR count). The van der Waals surface area contributed by atoms with E-state index in [0.717, 1.165) is 21.9 Å². The third-order valence-corrected chi connectivity index (χ3v) is 3.83. The highest BCUT2D eigenvalue weighted by Crippen LogP contribution is 2.27. The highest BCUT2D eigenvalue weighted by Gasteiger charge is 2.38. The molecule has 0 atom stereocenters. The molecule has 1 N–H and O–H groups in total. The van der Waals surface area contributed by atoms with Crippen molar-refractivity contribution < 1.29 is 23.1 Å². The topological polar surface area (TPSA) is 63.1 Å². The Labute approximate surface area is 151 Å². The van der Waals surface area contributed by atoms with Crippen LogP contribution >= 0.6 is 0 Å². The lowest BCUT2D eigenvalue weighted by Crippen LogP contribution is -2.21. The Hall–Kier alpha value is -3.48. The van der Waals surface area contributed by atoms with E-state index in [2.05, 4.69) is 40.3 Å². The van der Waals surface area contributed by atoms with E-state index in [9.17, 15) is 13.2 Å². The number of fused-ring (bicyclic) bond motifs is 3. The van der Waals surface area contributed by atoms with E-state index in [1.807, 2.05) is 42.9 Å². The standard InChI is InChI=1S/C18H12N2.C2HF3O2/c1-2-4-13(5-3-1)15-10-16-17-12-19-9-8-14(17)6-7-18(16)20-11-15;3-2(4,5)1(6)7/h1-12H;(H,6,7). The summed E-state index contributed by atoms with van der Waals surface area (Å²) in [4.78, 5) is 17.7. The quantitative estimate of drug-likeness (QED) is 0.475. The number of alkyl halides is 3. The third-order valence-electron chi connectivity index (χ3n) is 3.83. The van der Waals surface area contributed by atoms with E-state index in [1.54, 1.807) is 0 Å². The van der Waals surface area contributed by atoms with E-state index in [1.165, 1.54) is 10.9 Å². The van der Waals surface area contributed by atoms with Crippen LogP contribution in [0.25, 0.3) is 32.8 Å². The first-order chi connectivity index (χ1) is 12.9. The number of nitrogens with zero attached hydrogens (tertiary/aromatic N) is 2. The van der Waals surface area contributed by atoms with Gasteiger partial charge in [0.1, 0.15) is 0 Å². The number of aromatic nitrogens is 2. The van der Waals surface area contributed by atoms with Crippen LogP contribution in [0.5, 0.6) is 0 Å². The molecular formula is C20H13F3N2O2. The molecule has 0 spiro atoms. The second-order valence-electron chi connectivity index (χ2n) is 5.62. The summed E-state index contributed by atoms with van der Waals surface area (Å²) in [6, 6.07) is 18.7. The van der Waals surface area contributed by atoms with Crippen LogP contribution in [-0.4, -0.2) is 27.2 Å². The molecule has 0 saturated carbocycles. The number of carboxylic acid groups (broad SMARTS) is 1. The van der Waals surface area contributed by atoms with Crippen molar-refractivity contribution in [2.45, 2.75) is 6.18 Å². The van der Waals surface area contributed by atoms with Crippen molar-refractivity contribution in [1.82, 2.24) is 9.97 Å². The molecule has 0 aliphatic carbocycles. The Morgan fingerprint density at radius 2 is 1.59 bits per heavy atom. The number of hydrogen-bond acceptors (Lipinski definition) is 3. The Bertz CT molecular complexity index is 1100. The Kier molecular flexibility index (Phi) is 5.03. The predicted octanol–water partition coefficient (Wildman–Crippen LogP) is 5.08. The minimum Gasteiger partial charge on any atom is -0.475 e. The van der Waals surface area contributed by atoms with Crippen LogP contribution in [0.4, 0.5) is 13.2 Å². The molecule has 0 saturated heterocycles. The van der Waals surface area contributed by atoms with Crippen molar-refractivity contribution in [2.75, 3.05) is 0 Å². The third kappa shape index (κ3) is 4.20. The van der Waals surface area contributed by atoms with Gasteiger partial charge in [-0.3, -0.25) is 9.97 Å². The van der Waals surface area contributed by atoms with Crippen molar-refractivity contribution in [3.63, 3.8) is 0 Å². The fourth-order valence-electron chi connectivity index (χ4n) is 2.56. The second kappa shape index (κ2) is 7.41. The fourth-order valence-corrected chi connectivity index (χ4v) is 2.56. The first-order valence-electron chi connectivity index (χ1n) is 7.84. The van der Waals surface area contributed by atoms with Gasteiger partial charge in [-0.2, -0.15) is 13.2 Å². The molecule has 0 bridgehead atoms. The molecule has 4 aromatic rings. The monoisotopic (exact) mass is 370 g/mol. The van der Waals surface area contributed by atoms with Crippen LogP contribution in [-0.2, 0) is 4.79 Å². The highest BCUT2D eigenvalue weighted by molar-refractivity contribution is 6.06. The summed E-state index contributed by atoms with van der Waals surface area (Å²) in [5.41, 5.74) is 3.32. The Morgan fingerprint density at radius 1 is 0.889 bits per heavy atom. The van der Waals surface area contributed by atoms with Gasteiger partial charge in [-0.1, -0.05) is 36.4 Å². The lowest BCUT2D eigenvalue weighted by molar-refractivity contribution is -0.192. The molecule has 0 amide bonds. The zero-order chi connectivity index (χ0) is 19.4. The minimum atomic E-state index is -5.08. The first-order valence-corrected chi connectivity index (χ1v) is 7.84. The molecule has 2 aromatic carbocycles. The maximum atomic E-state index is 10.6.